The van der Waals surface area contributed by atoms with Gasteiger partial charge in [-0.05, 0) is 30.8 Å². The number of hydrogen-bond acceptors (Lipinski definition) is 5. The Kier molecular flexibility index (Phi) is 2.85. The molecule has 1 aromatic carbocycles. The standard InChI is InChI=1S/C18H20N4O/c1-2-5-14-9-19-16(8-13(14)4-1)21-17-20-11-18(23-17)12-22-7-3-6-15(18)10-22/h1-2,4-5,8-9,15H,3,6-7,10-12H2,(H,19,20,21)/t15-,18+/m1/s1. The number of anilines is 1. The van der Waals surface area contributed by atoms with Crippen LogP contribution >= 0.6 is 0 Å². The summed E-state index contributed by atoms with van der Waals surface area (Å²) in [5, 5.41) is 5.57. The molecule has 5 rings (SSSR count). The van der Waals surface area contributed by atoms with Crippen LogP contribution in [-0.2, 0) is 4.74 Å². The first-order valence-electron chi connectivity index (χ1n) is 8.38. The number of aromatic nitrogens is 1. The third-order valence-electron chi connectivity index (χ3n) is 5.40. The molecule has 5 heteroatoms. The van der Waals surface area contributed by atoms with Gasteiger partial charge in [0.15, 0.2) is 0 Å². The van der Waals surface area contributed by atoms with Crippen LogP contribution in [0.3, 0.4) is 0 Å². The number of pyridine rings is 1. The van der Waals surface area contributed by atoms with E-state index in [-0.39, 0.29) is 5.60 Å². The summed E-state index contributed by atoms with van der Waals surface area (Å²) in [6, 6.07) is 10.9. The van der Waals surface area contributed by atoms with Crippen molar-refractivity contribution in [3.05, 3.63) is 36.5 Å². The van der Waals surface area contributed by atoms with Crippen molar-refractivity contribution in [3.63, 3.8) is 0 Å². The van der Waals surface area contributed by atoms with Gasteiger partial charge < -0.3 is 4.74 Å². The molecule has 3 aliphatic rings. The summed E-state index contributed by atoms with van der Waals surface area (Å²) in [5.74, 6) is 1.41. The van der Waals surface area contributed by atoms with Crippen LogP contribution in [0.2, 0.25) is 0 Å². The number of piperidine rings is 1. The minimum absolute atomic E-state index is 0.102. The fraction of sp³-hybridized carbons (Fsp3) is 0.444. The van der Waals surface area contributed by atoms with Gasteiger partial charge in [-0.15, -0.1) is 0 Å². The Labute approximate surface area is 135 Å². The van der Waals surface area contributed by atoms with Crippen LogP contribution in [0.25, 0.3) is 10.8 Å². The van der Waals surface area contributed by atoms with Crippen LogP contribution in [0.15, 0.2) is 41.5 Å². The Balaban J connectivity index is 1.35. The molecule has 1 spiro atoms. The van der Waals surface area contributed by atoms with Gasteiger partial charge in [0.2, 0.25) is 0 Å². The molecular weight excluding hydrogens is 288 g/mol. The van der Waals surface area contributed by atoms with E-state index in [4.69, 9.17) is 4.74 Å². The monoisotopic (exact) mass is 308 g/mol. The minimum atomic E-state index is -0.102. The van der Waals surface area contributed by atoms with Crippen molar-refractivity contribution in [2.24, 2.45) is 10.9 Å². The van der Waals surface area contributed by atoms with Crippen LogP contribution < -0.4 is 5.32 Å². The van der Waals surface area contributed by atoms with E-state index in [1.807, 2.05) is 24.4 Å². The molecule has 2 fully saturated rings. The van der Waals surface area contributed by atoms with E-state index in [0.29, 0.717) is 11.9 Å². The summed E-state index contributed by atoms with van der Waals surface area (Å²) in [4.78, 5) is 11.6. The Morgan fingerprint density at radius 2 is 2.17 bits per heavy atom. The Morgan fingerprint density at radius 3 is 3.09 bits per heavy atom. The first-order valence-corrected chi connectivity index (χ1v) is 8.38. The quantitative estimate of drug-likeness (QED) is 0.879. The molecule has 0 radical (unpaired) electrons. The Bertz CT molecular complexity index is 789. The van der Waals surface area contributed by atoms with Crippen molar-refractivity contribution < 1.29 is 4.74 Å². The summed E-state index contributed by atoms with van der Waals surface area (Å²) < 4.78 is 6.30. The lowest BCUT2D eigenvalue weighted by atomic mass is 9.87. The van der Waals surface area contributed by atoms with E-state index in [9.17, 15) is 0 Å². The molecule has 5 nitrogen and oxygen atoms in total. The normalized spacial score (nSPS) is 32.1. The minimum Gasteiger partial charge on any atom is -0.455 e. The molecule has 3 aliphatic heterocycles. The lowest BCUT2D eigenvalue weighted by Gasteiger charge is -2.28. The van der Waals surface area contributed by atoms with Gasteiger partial charge in [0, 0.05) is 30.6 Å². The van der Waals surface area contributed by atoms with Crippen LogP contribution in [0.1, 0.15) is 12.8 Å². The largest absolute Gasteiger partial charge is 0.455 e. The predicted octanol–water partition coefficient (Wildman–Crippen LogP) is 2.50. The van der Waals surface area contributed by atoms with Gasteiger partial charge in [-0.2, -0.15) is 0 Å². The number of amidine groups is 1. The van der Waals surface area contributed by atoms with Crippen molar-refractivity contribution in [2.45, 2.75) is 18.4 Å². The van der Waals surface area contributed by atoms with Gasteiger partial charge >= 0.3 is 0 Å². The zero-order valence-corrected chi connectivity index (χ0v) is 13.0. The van der Waals surface area contributed by atoms with Crippen molar-refractivity contribution in [1.29, 1.82) is 0 Å². The third-order valence-corrected chi connectivity index (χ3v) is 5.40. The number of hydrogen-bond donors (Lipinski definition) is 1. The maximum Gasteiger partial charge on any atom is 0.291 e. The molecule has 0 aliphatic carbocycles. The number of nitrogens with zero attached hydrogens (tertiary/aromatic N) is 3. The van der Waals surface area contributed by atoms with E-state index in [1.54, 1.807) is 0 Å². The maximum atomic E-state index is 6.30. The van der Waals surface area contributed by atoms with Crippen molar-refractivity contribution in [3.8, 4) is 0 Å². The summed E-state index contributed by atoms with van der Waals surface area (Å²) in [7, 11) is 0. The molecule has 118 valence electrons. The maximum absolute atomic E-state index is 6.30. The Morgan fingerprint density at radius 1 is 1.26 bits per heavy atom. The molecule has 1 N–H and O–H groups in total. The lowest BCUT2D eigenvalue weighted by molar-refractivity contribution is 0.0588. The summed E-state index contributed by atoms with van der Waals surface area (Å²) >= 11 is 0. The molecule has 2 bridgehead atoms. The molecule has 0 amide bonds. The average Bonchev–Trinajstić information content (AvgIpc) is 3.08. The van der Waals surface area contributed by atoms with Gasteiger partial charge in [-0.1, -0.05) is 24.3 Å². The van der Waals surface area contributed by atoms with Crippen LogP contribution in [0.5, 0.6) is 0 Å². The first-order chi connectivity index (χ1) is 11.3. The highest BCUT2D eigenvalue weighted by atomic mass is 16.5. The van der Waals surface area contributed by atoms with Crippen molar-refractivity contribution in [1.82, 2.24) is 9.88 Å². The van der Waals surface area contributed by atoms with Crippen molar-refractivity contribution in [2.75, 3.05) is 31.5 Å². The van der Waals surface area contributed by atoms with E-state index in [1.165, 1.54) is 24.8 Å². The van der Waals surface area contributed by atoms with Gasteiger partial charge in [-0.3, -0.25) is 10.2 Å². The molecule has 1 unspecified atom stereocenters. The number of fused-ring (bicyclic) bond motifs is 4. The molecule has 23 heavy (non-hydrogen) atoms. The molecule has 4 heterocycles. The third kappa shape index (κ3) is 2.18. The molecule has 2 saturated heterocycles. The first kappa shape index (κ1) is 13.3. The second-order valence-corrected chi connectivity index (χ2v) is 6.90. The second kappa shape index (κ2) is 4.93. The molecule has 0 saturated carbocycles. The van der Waals surface area contributed by atoms with Crippen LogP contribution in [0.4, 0.5) is 5.82 Å². The van der Waals surface area contributed by atoms with Gasteiger partial charge in [0.05, 0.1) is 6.54 Å². The zero-order chi connectivity index (χ0) is 15.3. The predicted molar refractivity (Wildman–Crippen MR) is 90.6 cm³/mol. The van der Waals surface area contributed by atoms with Crippen molar-refractivity contribution >= 4 is 22.6 Å². The van der Waals surface area contributed by atoms with Crippen LogP contribution in [0, 0.1) is 5.92 Å². The molecule has 2 aromatic rings. The van der Waals surface area contributed by atoms with E-state index in [2.05, 4.69) is 32.3 Å². The smallest absolute Gasteiger partial charge is 0.291 e. The number of ether oxygens (including phenoxy) is 1. The zero-order valence-electron chi connectivity index (χ0n) is 13.0. The SMILES string of the molecule is c1ccc2cc(NC3=NC[C@@]4(CN5CCC[C@@H]4C5)O3)ncc2c1. The van der Waals surface area contributed by atoms with E-state index in [0.717, 1.165) is 30.8 Å². The van der Waals surface area contributed by atoms with Gasteiger partial charge in [0.25, 0.3) is 6.02 Å². The molecule has 1 aromatic heterocycles. The van der Waals surface area contributed by atoms with Gasteiger partial charge in [-0.25, -0.2) is 9.98 Å². The highest BCUT2D eigenvalue weighted by Crippen LogP contribution is 2.40. The second-order valence-electron chi connectivity index (χ2n) is 6.90. The van der Waals surface area contributed by atoms with E-state index >= 15 is 0 Å². The fourth-order valence-corrected chi connectivity index (χ4v) is 4.22. The summed E-state index contributed by atoms with van der Waals surface area (Å²) in [6.45, 7) is 4.15. The molecular formula is C18H20N4O. The summed E-state index contributed by atoms with van der Waals surface area (Å²) in [6.07, 6.45) is 4.43. The van der Waals surface area contributed by atoms with Crippen LogP contribution in [-0.4, -0.2) is 47.7 Å². The van der Waals surface area contributed by atoms with E-state index < -0.39 is 0 Å². The number of benzene rings is 1. The summed E-state index contributed by atoms with van der Waals surface area (Å²) in [5.41, 5.74) is -0.102. The van der Waals surface area contributed by atoms with Gasteiger partial charge in [0.1, 0.15) is 11.4 Å². The lowest BCUT2D eigenvalue weighted by Crippen LogP contribution is -2.41. The Hall–Kier alpha value is -2.14. The number of nitrogens with one attached hydrogen (secondary N) is 1. The fourth-order valence-electron chi connectivity index (χ4n) is 4.22. The highest BCUT2D eigenvalue weighted by molar-refractivity contribution is 5.92. The number of aliphatic imine (C=N–C) groups is 1. The number of rotatable bonds is 1. The molecule has 3 atom stereocenters. The topological polar surface area (TPSA) is 49.8 Å². The average molecular weight is 308 g/mol. The highest BCUT2D eigenvalue weighted by Gasteiger charge is 2.52.